The molecule has 0 aromatic heterocycles. The first-order chi connectivity index (χ1) is 13.1. The molecule has 148 valence electrons. The van der Waals surface area contributed by atoms with Crippen molar-refractivity contribution in [3.05, 3.63) is 35.9 Å². The van der Waals surface area contributed by atoms with Crippen molar-refractivity contribution in [2.75, 3.05) is 26.2 Å². The van der Waals surface area contributed by atoms with E-state index in [1.165, 1.54) is 44.1 Å². The van der Waals surface area contributed by atoms with Gasteiger partial charge in [-0.25, -0.2) is 5.01 Å². The first kappa shape index (κ1) is 18.9. The molecule has 4 nitrogen and oxygen atoms in total. The number of carbonyl (C=O) groups excluding carboxylic acids is 1. The standard InChI is InChI=1S/C23H35N3O/c1-22-10-5-11-23(18-22,20-6-3-2-4-7-20)17-19(16-22)8-9-21(27)25-26-14-12-24-13-15-26/h2-4,6-7,19,24H,5,8-18H2,1H3,(H,25,27)/t19?,22-,23-/m1/s1. The second-order valence-electron chi connectivity index (χ2n) is 9.57. The van der Waals surface area contributed by atoms with Gasteiger partial charge in [-0.3, -0.25) is 10.2 Å². The van der Waals surface area contributed by atoms with Crippen LogP contribution in [0.1, 0.15) is 63.9 Å². The molecule has 4 heteroatoms. The Morgan fingerprint density at radius 1 is 1.19 bits per heavy atom. The molecule has 3 fully saturated rings. The summed E-state index contributed by atoms with van der Waals surface area (Å²) in [7, 11) is 0. The summed E-state index contributed by atoms with van der Waals surface area (Å²) in [4.78, 5) is 12.5. The van der Waals surface area contributed by atoms with Crippen molar-refractivity contribution < 1.29 is 4.79 Å². The predicted molar refractivity (Wildman–Crippen MR) is 109 cm³/mol. The maximum atomic E-state index is 12.5. The van der Waals surface area contributed by atoms with Crippen molar-refractivity contribution in [1.82, 2.24) is 15.8 Å². The van der Waals surface area contributed by atoms with Crippen molar-refractivity contribution in [2.45, 2.75) is 63.7 Å². The van der Waals surface area contributed by atoms with Crippen LogP contribution in [0.15, 0.2) is 30.3 Å². The molecular weight excluding hydrogens is 334 g/mol. The van der Waals surface area contributed by atoms with Crippen LogP contribution in [0, 0.1) is 11.3 Å². The van der Waals surface area contributed by atoms with Gasteiger partial charge in [-0.15, -0.1) is 0 Å². The lowest BCUT2D eigenvalue weighted by Crippen LogP contribution is -2.52. The maximum absolute atomic E-state index is 12.5. The number of benzene rings is 1. The summed E-state index contributed by atoms with van der Waals surface area (Å²) in [6.07, 6.45) is 9.59. The molecule has 1 unspecified atom stereocenters. The van der Waals surface area contributed by atoms with E-state index in [-0.39, 0.29) is 5.91 Å². The minimum absolute atomic E-state index is 0.201. The number of hydrogen-bond donors (Lipinski definition) is 2. The summed E-state index contributed by atoms with van der Waals surface area (Å²) < 4.78 is 0. The Morgan fingerprint density at radius 3 is 2.74 bits per heavy atom. The van der Waals surface area contributed by atoms with Crippen molar-refractivity contribution in [3.63, 3.8) is 0 Å². The smallest absolute Gasteiger partial charge is 0.234 e. The SMILES string of the molecule is C[C@@]12CCC[C@@](c3ccccc3)(CC(CCC(=O)NN3CCNCC3)C1)C2. The Labute approximate surface area is 164 Å². The first-order valence-corrected chi connectivity index (χ1v) is 10.9. The Hall–Kier alpha value is -1.39. The van der Waals surface area contributed by atoms with Crippen LogP contribution in [0.4, 0.5) is 0 Å². The number of nitrogens with zero attached hydrogens (tertiary/aromatic N) is 1. The summed E-state index contributed by atoms with van der Waals surface area (Å²) >= 11 is 0. The molecule has 1 aromatic rings. The summed E-state index contributed by atoms with van der Waals surface area (Å²) in [5.41, 5.74) is 5.44. The van der Waals surface area contributed by atoms with Gasteiger partial charge in [-0.05, 0) is 60.8 Å². The molecule has 27 heavy (non-hydrogen) atoms. The second kappa shape index (κ2) is 7.92. The number of nitrogens with one attached hydrogen (secondary N) is 2. The van der Waals surface area contributed by atoms with Gasteiger partial charge < -0.3 is 5.32 Å². The molecule has 3 aliphatic rings. The van der Waals surface area contributed by atoms with Crippen LogP contribution in [0.2, 0.25) is 0 Å². The van der Waals surface area contributed by atoms with E-state index in [0.29, 0.717) is 23.2 Å². The molecule has 0 radical (unpaired) electrons. The Kier molecular flexibility index (Phi) is 5.56. The van der Waals surface area contributed by atoms with Crippen LogP contribution in [0.3, 0.4) is 0 Å². The Bertz CT molecular complexity index is 642. The lowest BCUT2D eigenvalue weighted by atomic mass is 9.50. The number of hydrogen-bond acceptors (Lipinski definition) is 3. The fraction of sp³-hybridized carbons (Fsp3) is 0.696. The van der Waals surface area contributed by atoms with Crippen molar-refractivity contribution in [3.8, 4) is 0 Å². The summed E-state index contributed by atoms with van der Waals surface area (Å²) in [6.45, 7) is 6.23. The number of rotatable bonds is 5. The van der Waals surface area contributed by atoms with Gasteiger partial charge in [0.2, 0.25) is 5.91 Å². The monoisotopic (exact) mass is 369 g/mol. The lowest BCUT2D eigenvalue weighted by molar-refractivity contribution is -0.126. The van der Waals surface area contributed by atoms with Gasteiger partial charge in [0, 0.05) is 32.6 Å². The Morgan fingerprint density at radius 2 is 1.96 bits per heavy atom. The number of amides is 1. The van der Waals surface area contributed by atoms with Gasteiger partial charge in [-0.2, -0.15) is 0 Å². The first-order valence-electron chi connectivity index (χ1n) is 10.9. The Balaban J connectivity index is 1.39. The largest absolute Gasteiger partial charge is 0.314 e. The van der Waals surface area contributed by atoms with Crippen LogP contribution in [0.25, 0.3) is 0 Å². The van der Waals surface area contributed by atoms with Crippen molar-refractivity contribution >= 4 is 5.91 Å². The molecule has 1 aliphatic heterocycles. The third kappa shape index (κ3) is 4.38. The van der Waals surface area contributed by atoms with Crippen LogP contribution in [0.5, 0.6) is 0 Å². The predicted octanol–water partition coefficient (Wildman–Crippen LogP) is 3.63. The number of carbonyl (C=O) groups is 1. The van der Waals surface area contributed by atoms with E-state index >= 15 is 0 Å². The van der Waals surface area contributed by atoms with E-state index in [1.54, 1.807) is 0 Å². The molecule has 1 heterocycles. The average molecular weight is 370 g/mol. The van der Waals surface area contributed by atoms with Gasteiger partial charge in [0.1, 0.15) is 0 Å². The van der Waals surface area contributed by atoms with E-state index in [9.17, 15) is 4.79 Å². The molecule has 3 atom stereocenters. The third-order valence-corrected chi connectivity index (χ3v) is 7.23. The maximum Gasteiger partial charge on any atom is 0.234 e. The van der Waals surface area contributed by atoms with Gasteiger partial charge in [0.15, 0.2) is 0 Å². The highest BCUT2D eigenvalue weighted by Crippen LogP contribution is 2.58. The molecular formula is C23H35N3O. The number of piperazine rings is 1. The minimum Gasteiger partial charge on any atom is -0.314 e. The summed E-state index contributed by atoms with van der Waals surface area (Å²) in [6, 6.07) is 11.2. The second-order valence-corrected chi connectivity index (χ2v) is 9.57. The zero-order valence-corrected chi connectivity index (χ0v) is 16.8. The topological polar surface area (TPSA) is 44.4 Å². The van der Waals surface area contributed by atoms with Gasteiger partial charge >= 0.3 is 0 Å². The molecule has 0 spiro atoms. The summed E-state index contributed by atoms with van der Waals surface area (Å²) in [5, 5.41) is 5.40. The summed E-state index contributed by atoms with van der Waals surface area (Å²) in [5.74, 6) is 0.865. The third-order valence-electron chi connectivity index (χ3n) is 7.23. The van der Waals surface area contributed by atoms with Crippen molar-refractivity contribution in [2.24, 2.45) is 11.3 Å². The van der Waals surface area contributed by atoms with Crippen LogP contribution >= 0.6 is 0 Å². The normalized spacial score (nSPS) is 34.2. The van der Waals surface area contributed by atoms with E-state index in [0.717, 1.165) is 32.6 Å². The molecule has 4 rings (SSSR count). The minimum atomic E-state index is 0.201. The van der Waals surface area contributed by atoms with E-state index < -0.39 is 0 Å². The zero-order valence-electron chi connectivity index (χ0n) is 16.8. The van der Waals surface area contributed by atoms with Gasteiger partial charge in [0.05, 0.1) is 0 Å². The van der Waals surface area contributed by atoms with Crippen LogP contribution < -0.4 is 10.7 Å². The average Bonchev–Trinajstić information content (AvgIpc) is 2.67. The zero-order chi connectivity index (χ0) is 18.7. The lowest BCUT2D eigenvalue weighted by Gasteiger charge is -2.54. The fourth-order valence-corrected chi connectivity index (χ4v) is 6.22. The van der Waals surface area contributed by atoms with Crippen LogP contribution in [-0.2, 0) is 10.2 Å². The van der Waals surface area contributed by atoms with E-state index in [4.69, 9.17) is 0 Å². The highest BCUT2D eigenvalue weighted by atomic mass is 16.2. The van der Waals surface area contributed by atoms with E-state index in [1.807, 2.05) is 0 Å². The number of fused-ring (bicyclic) bond motifs is 2. The van der Waals surface area contributed by atoms with Crippen molar-refractivity contribution in [1.29, 1.82) is 0 Å². The van der Waals surface area contributed by atoms with E-state index in [2.05, 4.69) is 53.0 Å². The molecule has 2 bridgehead atoms. The van der Waals surface area contributed by atoms with Gasteiger partial charge in [-0.1, -0.05) is 43.7 Å². The molecule has 2 N–H and O–H groups in total. The number of hydrazine groups is 1. The highest BCUT2D eigenvalue weighted by Gasteiger charge is 2.49. The highest BCUT2D eigenvalue weighted by molar-refractivity contribution is 5.75. The molecule has 2 saturated carbocycles. The molecule has 1 saturated heterocycles. The molecule has 1 amide bonds. The molecule has 2 aliphatic carbocycles. The fourth-order valence-electron chi connectivity index (χ4n) is 6.22. The van der Waals surface area contributed by atoms with Crippen LogP contribution in [-0.4, -0.2) is 37.1 Å². The quantitative estimate of drug-likeness (QED) is 0.833. The molecule has 1 aromatic carbocycles. The van der Waals surface area contributed by atoms with Gasteiger partial charge in [0.25, 0.3) is 0 Å².